The van der Waals surface area contributed by atoms with Gasteiger partial charge in [-0.25, -0.2) is 8.42 Å². The van der Waals surface area contributed by atoms with E-state index in [0.29, 0.717) is 21.4 Å². The topological polar surface area (TPSA) is 96.0 Å². The zero-order valence-corrected chi connectivity index (χ0v) is 26.1. The number of anilines is 1. The standard InChI is InChI=1S/C30H35Cl2N3O5S/c1-30(2,3)33-29(37)27(18-21-10-7-6-8-11-21)34(19-24-25(31)12-9-13-26(24)32)28(36)20-35(41(5,38)39)22-14-16-23(40-4)17-15-22/h6-17,27H,18-20H2,1-5H3,(H,33,37)/t27-/m0/s1. The van der Waals surface area contributed by atoms with Gasteiger partial charge in [0.15, 0.2) is 0 Å². The molecular formula is C30H35Cl2N3O5S. The van der Waals surface area contributed by atoms with E-state index in [1.54, 1.807) is 42.5 Å². The van der Waals surface area contributed by atoms with Crippen LogP contribution >= 0.6 is 23.2 Å². The average molecular weight is 621 g/mol. The van der Waals surface area contributed by atoms with Gasteiger partial charge in [0, 0.05) is 34.1 Å². The van der Waals surface area contributed by atoms with Gasteiger partial charge in [-0.2, -0.15) is 0 Å². The quantitative estimate of drug-likeness (QED) is 0.313. The Labute approximate surface area is 252 Å². The normalized spacial score (nSPS) is 12.4. The van der Waals surface area contributed by atoms with Crippen LogP contribution in [0.5, 0.6) is 5.75 Å². The van der Waals surface area contributed by atoms with Crippen molar-refractivity contribution in [3.8, 4) is 5.75 Å². The fourth-order valence-corrected chi connectivity index (χ4v) is 5.59. The van der Waals surface area contributed by atoms with E-state index < -0.39 is 40.0 Å². The fraction of sp³-hybridized carbons (Fsp3) is 0.333. The number of amides is 2. The summed E-state index contributed by atoms with van der Waals surface area (Å²) in [7, 11) is -2.40. The largest absolute Gasteiger partial charge is 0.497 e. The number of methoxy groups -OCH3 is 1. The van der Waals surface area contributed by atoms with Crippen molar-refractivity contribution in [2.45, 2.75) is 45.3 Å². The number of halogens is 2. The average Bonchev–Trinajstić information content (AvgIpc) is 2.89. The van der Waals surface area contributed by atoms with Crippen molar-refractivity contribution in [2.75, 3.05) is 24.2 Å². The van der Waals surface area contributed by atoms with Crippen LogP contribution in [0, 0.1) is 0 Å². The highest BCUT2D eigenvalue weighted by molar-refractivity contribution is 7.92. The number of carbonyl (C=O) groups is 2. The zero-order valence-electron chi connectivity index (χ0n) is 23.7. The maximum atomic E-state index is 14.2. The van der Waals surface area contributed by atoms with Gasteiger partial charge in [0.05, 0.1) is 19.1 Å². The Bertz CT molecular complexity index is 1440. The first-order chi connectivity index (χ1) is 19.2. The van der Waals surface area contributed by atoms with Crippen molar-refractivity contribution in [1.29, 1.82) is 0 Å². The first-order valence-corrected chi connectivity index (χ1v) is 15.5. The summed E-state index contributed by atoms with van der Waals surface area (Å²) < 4.78 is 32.0. The van der Waals surface area contributed by atoms with Crippen molar-refractivity contribution >= 4 is 50.7 Å². The minimum absolute atomic E-state index is 0.118. The Balaban J connectivity index is 2.11. The van der Waals surface area contributed by atoms with Crippen molar-refractivity contribution in [3.63, 3.8) is 0 Å². The Morgan fingerprint density at radius 3 is 2.02 bits per heavy atom. The highest BCUT2D eigenvalue weighted by Gasteiger charge is 2.35. The Kier molecular flexibility index (Phi) is 10.7. The number of sulfonamides is 1. The fourth-order valence-electron chi connectivity index (χ4n) is 4.22. The molecule has 0 saturated carbocycles. The molecule has 1 N–H and O–H groups in total. The molecule has 0 aliphatic carbocycles. The first-order valence-electron chi connectivity index (χ1n) is 12.9. The Hall–Kier alpha value is -3.27. The lowest BCUT2D eigenvalue weighted by Gasteiger charge is -2.35. The van der Waals surface area contributed by atoms with Crippen LogP contribution in [0.1, 0.15) is 31.9 Å². The molecular weight excluding hydrogens is 585 g/mol. The summed E-state index contributed by atoms with van der Waals surface area (Å²) in [5.74, 6) is -0.467. The highest BCUT2D eigenvalue weighted by Crippen LogP contribution is 2.28. The molecule has 0 heterocycles. The minimum atomic E-state index is -3.90. The minimum Gasteiger partial charge on any atom is -0.497 e. The maximum Gasteiger partial charge on any atom is 0.244 e. The van der Waals surface area contributed by atoms with Gasteiger partial charge < -0.3 is 15.0 Å². The second-order valence-corrected chi connectivity index (χ2v) is 13.4. The first kappa shape index (κ1) is 32.2. The number of carbonyl (C=O) groups excluding carboxylic acids is 2. The highest BCUT2D eigenvalue weighted by atomic mass is 35.5. The van der Waals surface area contributed by atoms with Gasteiger partial charge in [0.1, 0.15) is 18.3 Å². The molecule has 3 aromatic rings. The summed E-state index contributed by atoms with van der Waals surface area (Å²) in [4.78, 5) is 29.3. The molecule has 220 valence electrons. The van der Waals surface area contributed by atoms with Gasteiger partial charge in [0.25, 0.3) is 0 Å². The molecule has 3 aromatic carbocycles. The van der Waals surface area contributed by atoms with Crippen LogP contribution in [0.3, 0.4) is 0 Å². The van der Waals surface area contributed by atoms with Crippen molar-refractivity contribution < 1.29 is 22.7 Å². The third-order valence-corrected chi connectivity index (χ3v) is 8.05. The lowest BCUT2D eigenvalue weighted by atomic mass is 10.0. The third kappa shape index (κ3) is 9.11. The summed E-state index contributed by atoms with van der Waals surface area (Å²) in [6, 6.07) is 19.6. The summed E-state index contributed by atoms with van der Waals surface area (Å²) in [6.45, 7) is 4.86. The van der Waals surface area contributed by atoms with Gasteiger partial charge in [-0.1, -0.05) is 59.6 Å². The van der Waals surface area contributed by atoms with Crippen LogP contribution in [0.15, 0.2) is 72.8 Å². The van der Waals surface area contributed by atoms with Crippen LogP contribution in [-0.2, 0) is 32.6 Å². The van der Waals surface area contributed by atoms with Gasteiger partial charge in [-0.05, 0) is 62.7 Å². The SMILES string of the molecule is COc1ccc(N(CC(=O)N(Cc2c(Cl)cccc2Cl)[C@@H](Cc2ccccc2)C(=O)NC(C)(C)C)S(C)(=O)=O)cc1. The molecule has 11 heteroatoms. The van der Waals surface area contributed by atoms with Crippen LogP contribution < -0.4 is 14.4 Å². The molecule has 0 aromatic heterocycles. The third-order valence-electron chi connectivity index (χ3n) is 6.20. The molecule has 0 aliphatic rings. The van der Waals surface area contributed by atoms with E-state index in [9.17, 15) is 18.0 Å². The number of nitrogens with one attached hydrogen (secondary N) is 1. The molecule has 41 heavy (non-hydrogen) atoms. The monoisotopic (exact) mass is 619 g/mol. The molecule has 2 amide bonds. The van der Waals surface area contributed by atoms with Crippen LogP contribution in [0.25, 0.3) is 0 Å². The molecule has 0 unspecified atom stereocenters. The van der Waals surface area contributed by atoms with E-state index in [2.05, 4.69) is 5.32 Å². The summed E-state index contributed by atoms with van der Waals surface area (Å²) in [6.07, 6.45) is 1.20. The second-order valence-electron chi connectivity index (χ2n) is 10.6. The lowest BCUT2D eigenvalue weighted by molar-refractivity contribution is -0.140. The number of ether oxygens (including phenoxy) is 1. The van der Waals surface area contributed by atoms with E-state index in [1.807, 2.05) is 51.1 Å². The van der Waals surface area contributed by atoms with Crippen LogP contribution in [0.2, 0.25) is 10.0 Å². The van der Waals surface area contributed by atoms with E-state index in [-0.39, 0.29) is 18.7 Å². The summed E-state index contributed by atoms with van der Waals surface area (Å²) in [5, 5.41) is 3.61. The smallest absolute Gasteiger partial charge is 0.244 e. The second kappa shape index (κ2) is 13.6. The molecule has 0 spiro atoms. The molecule has 8 nitrogen and oxygen atoms in total. The van der Waals surface area contributed by atoms with E-state index in [1.165, 1.54) is 12.0 Å². The lowest BCUT2D eigenvalue weighted by Crippen LogP contribution is -2.56. The predicted molar refractivity (Wildman–Crippen MR) is 164 cm³/mol. The molecule has 0 fully saturated rings. The Morgan fingerprint density at radius 2 is 1.51 bits per heavy atom. The molecule has 0 aliphatic heterocycles. The van der Waals surface area contributed by atoms with Crippen LogP contribution in [0.4, 0.5) is 5.69 Å². The zero-order chi connectivity index (χ0) is 30.4. The molecule has 1 atom stereocenters. The summed E-state index contributed by atoms with van der Waals surface area (Å²) >= 11 is 13.0. The summed E-state index contributed by atoms with van der Waals surface area (Å²) in [5.41, 5.74) is 0.946. The molecule has 3 rings (SSSR count). The number of rotatable bonds is 11. The number of nitrogens with zero attached hydrogens (tertiary/aromatic N) is 2. The molecule has 0 radical (unpaired) electrons. The maximum absolute atomic E-state index is 14.2. The van der Waals surface area contributed by atoms with Crippen molar-refractivity contribution in [3.05, 3.63) is 94.0 Å². The van der Waals surface area contributed by atoms with Crippen LogP contribution in [-0.4, -0.2) is 56.6 Å². The number of benzene rings is 3. The van der Waals surface area contributed by atoms with E-state index in [4.69, 9.17) is 27.9 Å². The Morgan fingerprint density at radius 1 is 0.927 bits per heavy atom. The number of hydrogen-bond acceptors (Lipinski definition) is 5. The van der Waals surface area contributed by atoms with Gasteiger partial charge in [-0.15, -0.1) is 0 Å². The van der Waals surface area contributed by atoms with E-state index in [0.717, 1.165) is 16.1 Å². The number of hydrogen-bond donors (Lipinski definition) is 1. The van der Waals surface area contributed by atoms with Gasteiger partial charge >= 0.3 is 0 Å². The van der Waals surface area contributed by atoms with Crippen molar-refractivity contribution in [1.82, 2.24) is 10.2 Å². The van der Waals surface area contributed by atoms with E-state index >= 15 is 0 Å². The van der Waals surface area contributed by atoms with Crippen molar-refractivity contribution in [2.24, 2.45) is 0 Å². The van der Waals surface area contributed by atoms with Gasteiger partial charge in [0.2, 0.25) is 21.8 Å². The molecule has 0 saturated heterocycles. The van der Waals surface area contributed by atoms with Gasteiger partial charge in [-0.3, -0.25) is 13.9 Å². The molecule has 0 bridgehead atoms. The predicted octanol–water partition coefficient (Wildman–Crippen LogP) is 5.32.